The lowest BCUT2D eigenvalue weighted by Crippen LogP contribution is -2.35. The van der Waals surface area contributed by atoms with Crippen LogP contribution in [0.25, 0.3) is 0 Å². The standard InChI is InChI=1S/C22H27ClN2O2/c1-17(27-21-8-4-3-7-20(21)23)22(26)24-15-18-9-11-19(12-10-18)16-25-13-5-2-6-14-25/h3-4,7-12,17H,2,5-6,13-16H2,1H3,(H,24,26)/t17-/m1/s1. The highest BCUT2D eigenvalue weighted by Crippen LogP contribution is 2.24. The molecule has 1 fully saturated rings. The third kappa shape index (κ3) is 5.98. The van der Waals surface area contributed by atoms with Crippen LogP contribution < -0.4 is 10.1 Å². The Balaban J connectivity index is 1.46. The van der Waals surface area contributed by atoms with Crippen LogP contribution in [0.2, 0.25) is 5.02 Å². The molecule has 0 radical (unpaired) electrons. The molecule has 0 spiro atoms. The normalized spacial score (nSPS) is 15.9. The zero-order valence-corrected chi connectivity index (χ0v) is 16.5. The van der Waals surface area contributed by atoms with E-state index >= 15 is 0 Å². The lowest BCUT2D eigenvalue weighted by Gasteiger charge is -2.26. The minimum Gasteiger partial charge on any atom is -0.479 e. The number of carbonyl (C=O) groups is 1. The fraction of sp³-hybridized carbons (Fsp3) is 0.409. The molecular weight excluding hydrogens is 360 g/mol. The minimum absolute atomic E-state index is 0.160. The summed E-state index contributed by atoms with van der Waals surface area (Å²) in [5, 5.41) is 3.42. The Morgan fingerprint density at radius 1 is 1.07 bits per heavy atom. The fourth-order valence-corrected chi connectivity index (χ4v) is 3.44. The largest absolute Gasteiger partial charge is 0.479 e. The second-order valence-corrected chi connectivity index (χ2v) is 7.47. The van der Waals surface area contributed by atoms with Gasteiger partial charge >= 0.3 is 0 Å². The number of ether oxygens (including phenoxy) is 1. The van der Waals surface area contributed by atoms with Crippen LogP contribution in [-0.2, 0) is 17.9 Å². The summed E-state index contributed by atoms with van der Waals surface area (Å²) in [6.45, 7) is 5.61. The molecule has 2 aromatic rings. The molecule has 1 N–H and O–H groups in total. The predicted octanol–water partition coefficient (Wildman–Crippen LogP) is 4.41. The first-order chi connectivity index (χ1) is 13.1. The van der Waals surface area contributed by atoms with Gasteiger partial charge in [0.1, 0.15) is 5.75 Å². The average Bonchev–Trinajstić information content (AvgIpc) is 2.69. The van der Waals surface area contributed by atoms with Crippen LogP contribution in [0.3, 0.4) is 0 Å². The Bertz CT molecular complexity index is 742. The summed E-state index contributed by atoms with van der Waals surface area (Å²) < 4.78 is 5.65. The van der Waals surface area contributed by atoms with E-state index < -0.39 is 6.10 Å². The maximum atomic E-state index is 12.3. The van der Waals surface area contributed by atoms with Crippen LogP contribution in [0.1, 0.15) is 37.3 Å². The van der Waals surface area contributed by atoms with Gasteiger partial charge < -0.3 is 10.1 Å². The van der Waals surface area contributed by atoms with Crippen molar-refractivity contribution in [1.82, 2.24) is 10.2 Å². The van der Waals surface area contributed by atoms with Crippen molar-refractivity contribution in [3.8, 4) is 5.75 Å². The number of rotatable bonds is 7. The number of para-hydroxylation sites is 1. The average molecular weight is 387 g/mol. The Kier molecular flexibility index (Phi) is 7.13. The second-order valence-electron chi connectivity index (χ2n) is 7.06. The van der Waals surface area contributed by atoms with E-state index in [1.54, 1.807) is 19.1 Å². The minimum atomic E-state index is -0.608. The van der Waals surface area contributed by atoms with E-state index in [-0.39, 0.29) is 5.91 Å². The number of carbonyl (C=O) groups excluding carboxylic acids is 1. The van der Waals surface area contributed by atoms with E-state index in [1.165, 1.54) is 37.9 Å². The number of hydrogen-bond acceptors (Lipinski definition) is 3. The molecule has 27 heavy (non-hydrogen) atoms. The summed E-state index contributed by atoms with van der Waals surface area (Å²) in [6.07, 6.45) is 3.36. The summed E-state index contributed by atoms with van der Waals surface area (Å²) in [4.78, 5) is 14.8. The van der Waals surface area contributed by atoms with E-state index in [0.717, 1.165) is 12.1 Å². The summed E-state index contributed by atoms with van der Waals surface area (Å²) in [5.41, 5.74) is 2.40. The number of hydrogen-bond donors (Lipinski definition) is 1. The summed E-state index contributed by atoms with van der Waals surface area (Å²) in [7, 11) is 0. The number of nitrogens with one attached hydrogen (secondary N) is 1. The summed E-state index contributed by atoms with van der Waals surface area (Å²) >= 11 is 6.07. The highest BCUT2D eigenvalue weighted by atomic mass is 35.5. The van der Waals surface area contributed by atoms with Crippen molar-refractivity contribution in [1.29, 1.82) is 0 Å². The van der Waals surface area contributed by atoms with Crippen LogP contribution in [0.4, 0.5) is 0 Å². The van der Waals surface area contributed by atoms with Gasteiger partial charge in [-0.05, 0) is 56.1 Å². The van der Waals surface area contributed by atoms with Crippen LogP contribution in [0.15, 0.2) is 48.5 Å². The van der Waals surface area contributed by atoms with E-state index in [1.807, 2.05) is 12.1 Å². The highest BCUT2D eigenvalue weighted by molar-refractivity contribution is 6.32. The van der Waals surface area contributed by atoms with Crippen LogP contribution in [0.5, 0.6) is 5.75 Å². The molecule has 1 amide bonds. The van der Waals surface area contributed by atoms with E-state index in [2.05, 4.69) is 34.5 Å². The van der Waals surface area contributed by atoms with E-state index in [4.69, 9.17) is 16.3 Å². The molecule has 144 valence electrons. The number of likely N-dealkylation sites (tertiary alicyclic amines) is 1. The van der Waals surface area contributed by atoms with Crippen molar-refractivity contribution in [2.75, 3.05) is 13.1 Å². The smallest absolute Gasteiger partial charge is 0.261 e. The molecule has 0 unspecified atom stereocenters. The maximum Gasteiger partial charge on any atom is 0.261 e. The molecule has 0 saturated carbocycles. The quantitative estimate of drug-likeness (QED) is 0.766. The monoisotopic (exact) mass is 386 g/mol. The molecular formula is C22H27ClN2O2. The van der Waals surface area contributed by atoms with Gasteiger partial charge in [-0.15, -0.1) is 0 Å². The van der Waals surface area contributed by atoms with Gasteiger partial charge in [-0.2, -0.15) is 0 Å². The van der Waals surface area contributed by atoms with Crippen LogP contribution >= 0.6 is 11.6 Å². The number of benzene rings is 2. The highest BCUT2D eigenvalue weighted by Gasteiger charge is 2.15. The van der Waals surface area contributed by atoms with Gasteiger partial charge in [0.05, 0.1) is 5.02 Å². The third-order valence-electron chi connectivity index (χ3n) is 4.85. The van der Waals surface area contributed by atoms with Crippen LogP contribution in [-0.4, -0.2) is 30.0 Å². The molecule has 2 aromatic carbocycles. The van der Waals surface area contributed by atoms with E-state index in [9.17, 15) is 4.79 Å². The van der Waals surface area contributed by atoms with Gasteiger partial charge in [0.2, 0.25) is 0 Å². The molecule has 1 heterocycles. The molecule has 0 aromatic heterocycles. The maximum absolute atomic E-state index is 12.3. The van der Waals surface area contributed by atoms with Crippen molar-refractivity contribution in [3.63, 3.8) is 0 Å². The van der Waals surface area contributed by atoms with Gasteiger partial charge in [-0.3, -0.25) is 9.69 Å². The Morgan fingerprint density at radius 3 is 2.44 bits per heavy atom. The Labute approximate surface area is 166 Å². The molecule has 1 atom stereocenters. The van der Waals surface area contributed by atoms with Crippen molar-refractivity contribution < 1.29 is 9.53 Å². The van der Waals surface area contributed by atoms with Crippen molar-refractivity contribution in [3.05, 3.63) is 64.7 Å². The van der Waals surface area contributed by atoms with Crippen molar-refractivity contribution in [2.24, 2.45) is 0 Å². The number of amides is 1. The van der Waals surface area contributed by atoms with Gasteiger partial charge in [-0.1, -0.05) is 54.4 Å². The molecule has 1 aliphatic heterocycles. The topological polar surface area (TPSA) is 41.6 Å². The molecule has 5 heteroatoms. The van der Waals surface area contributed by atoms with Gasteiger partial charge in [-0.25, -0.2) is 0 Å². The first-order valence-corrected chi connectivity index (χ1v) is 9.98. The molecule has 0 bridgehead atoms. The van der Waals surface area contributed by atoms with Gasteiger partial charge in [0, 0.05) is 13.1 Å². The van der Waals surface area contributed by atoms with Crippen molar-refractivity contribution in [2.45, 2.75) is 45.4 Å². The predicted molar refractivity (Wildman–Crippen MR) is 109 cm³/mol. The Hall–Kier alpha value is -2.04. The van der Waals surface area contributed by atoms with Gasteiger partial charge in [0.15, 0.2) is 6.10 Å². The molecule has 1 saturated heterocycles. The van der Waals surface area contributed by atoms with E-state index in [0.29, 0.717) is 17.3 Å². The third-order valence-corrected chi connectivity index (χ3v) is 5.17. The van der Waals surface area contributed by atoms with Crippen molar-refractivity contribution >= 4 is 17.5 Å². The van der Waals surface area contributed by atoms with Gasteiger partial charge in [0.25, 0.3) is 5.91 Å². The Morgan fingerprint density at radius 2 is 1.74 bits per heavy atom. The molecule has 1 aliphatic rings. The lowest BCUT2D eigenvalue weighted by atomic mass is 10.1. The molecule has 4 nitrogen and oxygen atoms in total. The number of halogens is 1. The zero-order chi connectivity index (χ0) is 19.1. The van der Waals surface area contributed by atoms with Crippen LogP contribution in [0, 0.1) is 0 Å². The zero-order valence-electron chi connectivity index (χ0n) is 15.8. The molecule has 3 rings (SSSR count). The second kappa shape index (κ2) is 9.77. The SMILES string of the molecule is C[C@@H](Oc1ccccc1Cl)C(=O)NCc1ccc(CN2CCCCC2)cc1. The number of piperidine rings is 1. The lowest BCUT2D eigenvalue weighted by molar-refractivity contribution is -0.127. The fourth-order valence-electron chi connectivity index (χ4n) is 3.26. The first kappa shape index (κ1) is 19.7. The summed E-state index contributed by atoms with van der Waals surface area (Å²) in [6, 6.07) is 15.6. The molecule has 0 aliphatic carbocycles. The summed E-state index contributed by atoms with van der Waals surface area (Å²) in [5.74, 6) is 0.358. The first-order valence-electron chi connectivity index (χ1n) is 9.61. The number of nitrogens with zero attached hydrogens (tertiary/aromatic N) is 1.